The Morgan fingerprint density at radius 3 is 2.63 bits per heavy atom. The van der Waals surface area contributed by atoms with Gasteiger partial charge in [0.05, 0.1) is 11.2 Å². The van der Waals surface area contributed by atoms with Gasteiger partial charge >= 0.3 is 0 Å². The van der Waals surface area contributed by atoms with Crippen molar-refractivity contribution >= 4 is 22.5 Å². The summed E-state index contributed by atoms with van der Waals surface area (Å²) < 4.78 is 0. The zero-order valence-corrected chi connectivity index (χ0v) is 11.5. The molecular weight excluding hydrogens is 254 g/mol. The summed E-state index contributed by atoms with van der Waals surface area (Å²) in [6, 6.07) is 18.3. The molecule has 0 atom stereocenters. The van der Waals surface area contributed by atoms with Crippen molar-refractivity contribution in [2.24, 2.45) is 0 Å². The van der Waals surface area contributed by atoms with Crippen molar-refractivity contribution in [1.29, 1.82) is 0 Å². The third-order valence-electron chi connectivity index (χ3n) is 3.31. The second-order valence-corrected chi connectivity index (χ2v) is 4.96. The maximum Gasteiger partial charge on any atom is 0.0724 e. The largest absolute Gasteiger partial charge is 0.248 e. The van der Waals surface area contributed by atoms with Crippen molar-refractivity contribution in [3.8, 4) is 11.3 Å². The zero-order valence-electron chi connectivity index (χ0n) is 10.7. The smallest absolute Gasteiger partial charge is 0.0724 e. The Bertz CT molecular complexity index is 734. The van der Waals surface area contributed by atoms with Crippen molar-refractivity contribution in [1.82, 2.24) is 4.98 Å². The maximum atomic E-state index is 6.22. The number of fused-ring (bicyclic) bond motifs is 1. The first-order chi connectivity index (χ1) is 9.28. The predicted octanol–water partition coefficient (Wildman–Crippen LogP) is 5.12. The second kappa shape index (κ2) is 5.02. The third-order valence-corrected chi connectivity index (χ3v) is 3.64. The molecule has 1 aromatic heterocycles. The highest BCUT2D eigenvalue weighted by molar-refractivity contribution is 6.33. The second-order valence-electron chi connectivity index (χ2n) is 4.56. The molecule has 1 nitrogen and oxygen atoms in total. The highest BCUT2D eigenvalue weighted by atomic mass is 35.5. The van der Waals surface area contributed by atoms with Gasteiger partial charge in [-0.2, -0.15) is 0 Å². The van der Waals surface area contributed by atoms with Crippen molar-refractivity contribution in [2.45, 2.75) is 13.3 Å². The van der Waals surface area contributed by atoms with E-state index in [1.54, 1.807) is 0 Å². The van der Waals surface area contributed by atoms with E-state index in [9.17, 15) is 0 Å². The first kappa shape index (κ1) is 12.2. The van der Waals surface area contributed by atoms with Gasteiger partial charge in [-0.15, -0.1) is 0 Å². The van der Waals surface area contributed by atoms with E-state index in [0.29, 0.717) is 0 Å². The molecule has 2 heteroatoms. The summed E-state index contributed by atoms with van der Waals surface area (Å²) in [5.41, 5.74) is 4.24. The summed E-state index contributed by atoms with van der Waals surface area (Å²) in [6.45, 7) is 2.16. The van der Waals surface area contributed by atoms with Crippen LogP contribution in [-0.2, 0) is 6.42 Å². The number of benzene rings is 2. The standard InChI is InChI=1S/C17H14ClN/c1-2-12-7-9-16-13(11-12)8-10-17(19-16)14-5-3-4-6-15(14)18/h3-11H,2H2,1H3. The van der Waals surface area contributed by atoms with Crippen LogP contribution in [0.25, 0.3) is 22.2 Å². The number of hydrogen-bond donors (Lipinski definition) is 0. The van der Waals surface area contributed by atoms with Gasteiger partial charge in [0.1, 0.15) is 0 Å². The van der Waals surface area contributed by atoms with Gasteiger partial charge in [-0.25, -0.2) is 4.98 Å². The molecule has 0 N–H and O–H groups in total. The van der Waals surface area contributed by atoms with Crippen molar-refractivity contribution < 1.29 is 0 Å². The Hall–Kier alpha value is -1.86. The molecule has 1 heterocycles. The predicted molar refractivity (Wildman–Crippen MR) is 81.6 cm³/mol. The van der Waals surface area contributed by atoms with Crippen LogP contribution in [0.15, 0.2) is 54.6 Å². The van der Waals surface area contributed by atoms with Gasteiger partial charge in [-0.3, -0.25) is 0 Å². The van der Waals surface area contributed by atoms with Crippen LogP contribution in [0.1, 0.15) is 12.5 Å². The third kappa shape index (κ3) is 2.34. The van der Waals surface area contributed by atoms with E-state index in [1.165, 1.54) is 10.9 Å². The molecule has 0 bridgehead atoms. The topological polar surface area (TPSA) is 12.9 Å². The maximum absolute atomic E-state index is 6.22. The molecule has 0 unspecified atom stereocenters. The van der Waals surface area contributed by atoms with E-state index >= 15 is 0 Å². The molecule has 0 aliphatic carbocycles. The lowest BCUT2D eigenvalue weighted by Gasteiger charge is -2.06. The lowest BCUT2D eigenvalue weighted by atomic mass is 10.1. The average molecular weight is 268 g/mol. The molecule has 0 aliphatic heterocycles. The number of aryl methyl sites for hydroxylation is 1. The Morgan fingerprint density at radius 1 is 1.00 bits per heavy atom. The van der Waals surface area contributed by atoms with Crippen LogP contribution < -0.4 is 0 Å². The fourth-order valence-corrected chi connectivity index (χ4v) is 2.45. The molecule has 0 spiro atoms. The number of rotatable bonds is 2. The molecule has 3 aromatic rings. The number of pyridine rings is 1. The lowest BCUT2D eigenvalue weighted by Crippen LogP contribution is -1.87. The minimum atomic E-state index is 0.736. The SMILES string of the molecule is CCc1ccc2nc(-c3ccccc3Cl)ccc2c1. The van der Waals surface area contributed by atoms with E-state index in [-0.39, 0.29) is 0 Å². The van der Waals surface area contributed by atoms with Crippen LogP contribution in [0.4, 0.5) is 0 Å². The fourth-order valence-electron chi connectivity index (χ4n) is 2.21. The van der Waals surface area contributed by atoms with Crippen LogP contribution in [0.5, 0.6) is 0 Å². The first-order valence-corrected chi connectivity index (χ1v) is 6.80. The Labute approximate surface area is 117 Å². The fraction of sp³-hybridized carbons (Fsp3) is 0.118. The molecule has 2 aromatic carbocycles. The van der Waals surface area contributed by atoms with Crippen molar-refractivity contribution in [3.63, 3.8) is 0 Å². The van der Waals surface area contributed by atoms with Gasteiger partial charge in [-0.1, -0.05) is 48.9 Å². The lowest BCUT2D eigenvalue weighted by molar-refractivity contribution is 1.14. The molecule has 0 aliphatic rings. The van der Waals surface area contributed by atoms with Crippen molar-refractivity contribution in [2.75, 3.05) is 0 Å². The number of aromatic nitrogens is 1. The van der Waals surface area contributed by atoms with E-state index in [2.05, 4.69) is 31.2 Å². The molecule has 0 amide bonds. The molecule has 94 valence electrons. The van der Waals surface area contributed by atoms with E-state index in [1.807, 2.05) is 30.3 Å². The Morgan fingerprint density at radius 2 is 1.84 bits per heavy atom. The van der Waals surface area contributed by atoms with Gasteiger partial charge in [0.15, 0.2) is 0 Å². The summed E-state index contributed by atoms with van der Waals surface area (Å²) >= 11 is 6.22. The van der Waals surface area contributed by atoms with Crippen LogP contribution in [0, 0.1) is 0 Å². The van der Waals surface area contributed by atoms with Crippen LogP contribution in [0.3, 0.4) is 0 Å². The first-order valence-electron chi connectivity index (χ1n) is 6.42. The summed E-state index contributed by atoms with van der Waals surface area (Å²) in [6.07, 6.45) is 1.04. The quantitative estimate of drug-likeness (QED) is 0.628. The molecule has 19 heavy (non-hydrogen) atoms. The van der Waals surface area contributed by atoms with E-state index in [4.69, 9.17) is 16.6 Å². The molecule has 0 fully saturated rings. The average Bonchev–Trinajstić information content (AvgIpc) is 2.46. The van der Waals surface area contributed by atoms with Gasteiger partial charge in [0.25, 0.3) is 0 Å². The van der Waals surface area contributed by atoms with Crippen LogP contribution in [-0.4, -0.2) is 4.98 Å². The summed E-state index contributed by atoms with van der Waals surface area (Å²) in [5, 5.41) is 1.91. The van der Waals surface area contributed by atoms with E-state index in [0.717, 1.165) is 28.2 Å². The highest BCUT2D eigenvalue weighted by Gasteiger charge is 2.05. The zero-order chi connectivity index (χ0) is 13.2. The molecular formula is C17H14ClN. The van der Waals surface area contributed by atoms with Gasteiger partial charge in [0, 0.05) is 16.0 Å². The Kier molecular flexibility index (Phi) is 3.22. The normalized spacial score (nSPS) is 10.8. The van der Waals surface area contributed by atoms with Gasteiger partial charge < -0.3 is 0 Å². The van der Waals surface area contributed by atoms with Gasteiger partial charge in [-0.05, 0) is 36.2 Å². The monoisotopic (exact) mass is 267 g/mol. The van der Waals surface area contributed by atoms with Crippen molar-refractivity contribution in [3.05, 3.63) is 65.2 Å². The Balaban J connectivity index is 2.15. The molecule has 0 radical (unpaired) electrons. The van der Waals surface area contributed by atoms with Gasteiger partial charge in [0.2, 0.25) is 0 Å². The van der Waals surface area contributed by atoms with Crippen LogP contribution in [0.2, 0.25) is 5.02 Å². The summed E-state index contributed by atoms with van der Waals surface area (Å²) in [4.78, 5) is 4.70. The molecule has 3 rings (SSSR count). The molecule has 0 saturated carbocycles. The molecule has 0 saturated heterocycles. The van der Waals surface area contributed by atoms with E-state index < -0.39 is 0 Å². The number of halogens is 1. The van der Waals surface area contributed by atoms with Crippen LogP contribution >= 0.6 is 11.6 Å². The highest BCUT2D eigenvalue weighted by Crippen LogP contribution is 2.27. The number of nitrogens with zero attached hydrogens (tertiary/aromatic N) is 1. The summed E-state index contributed by atoms with van der Waals surface area (Å²) in [5.74, 6) is 0. The number of hydrogen-bond acceptors (Lipinski definition) is 1. The summed E-state index contributed by atoms with van der Waals surface area (Å²) in [7, 11) is 0. The minimum Gasteiger partial charge on any atom is -0.248 e. The minimum absolute atomic E-state index is 0.736.